The van der Waals surface area contributed by atoms with Crippen LogP contribution in [0, 0.1) is 16.1 Å². The number of nitrogens with one attached hydrogen (secondary N) is 2. The van der Waals surface area contributed by atoms with Gasteiger partial charge in [0.1, 0.15) is 16.3 Å². The first-order valence-electron chi connectivity index (χ1n) is 10.6. The molecule has 0 saturated heterocycles. The van der Waals surface area contributed by atoms with Crippen LogP contribution >= 0.6 is 0 Å². The molecule has 2 N–H and O–H groups in total. The number of hydrogen-bond donors (Lipinski definition) is 2. The standard InChI is InChI=1S/C21H24F5N5O2S/c1-11-6-13(11)16-15(21(24,25)26)17(31(30-16)10-19(2)8-20(22,23)9-19)18(32)29-12-4-5-28-14(7-12)34(3,27)33/h4-5,7,11,13,27H,6,8-10H2,1-3H3,(H,28,29,32)/t11-,13-,34-/m0/s1. The molecule has 0 aliphatic heterocycles. The first kappa shape index (κ1) is 24.6. The van der Waals surface area contributed by atoms with Gasteiger partial charge in [-0.15, -0.1) is 0 Å². The molecule has 0 aromatic carbocycles. The topological polar surface area (TPSA) is 101 Å². The first-order chi connectivity index (χ1) is 15.5. The van der Waals surface area contributed by atoms with Crippen LogP contribution < -0.4 is 5.32 Å². The lowest BCUT2D eigenvalue weighted by atomic mass is 9.67. The van der Waals surface area contributed by atoms with Crippen molar-refractivity contribution < 1.29 is 31.0 Å². The van der Waals surface area contributed by atoms with Gasteiger partial charge in [-0.25, -0.2) is 22.8 Å². The number of hydrogen-bond acceptors (Lipinski definition) is 5. The molecule has 2 aliphatic carbocycles. The molecule has 2 fully saturated rings. The fourth-order valence-corrected chi connectivity index (χ4v) is 5.24. The maximum atomic E-state index is 14.2. The molecule has 2 aromatic rings. The summed E-state index contributed by atoms with van der Waals surface area (Å²) in [5.41, 5.74) is -3.18. The molecule has 3 atom stereocenters. The molecule has 2 saturated carbocycles. The van der Waals surface area contributed by atoms with Gasteiger partial charge in [0.2, 0.25) is 5.92 Å². The highest BCUT2D eigenvalue weighted by atomic mass is 32.2. The molecule has 34 heavy (non-hydrogen) atoms. The van der Waals surface area contributed by atoms with Crippen LogP contribution in [0.4, 0.5) is 27.6 Å². The van der Waals surface area contributed by atoms with Crippen LogP contribution in [0.2, 0.25) is 0 Å². The summed E-state index contributed by atoms with van der Waals surface area (Å²) in [4.78, 5) is 17.0. The van der Waals surface area contributed by atoms with Crippen molar-refractivity contribution in [1.82, 2.24) is 14.8 Å². The summed E-state index contributed by atoms with van der Waals surface area (Å²) in [7, 11) is -3.23. The number of amides is 1. The first-order valence-corrected chi connectivity index (χ1v) is 12.5. The van der Waals surface area contributed by atoms with Gasteiger partial charge in [-0.2, -0.15) is 18.3 Å². The number of alkyl halides is 5. The Balaban J connectivity index is 1.76. The molecule has 2 aliphatic rings. The number of carbonyl (C=O) groups excluding carboxylic acids is 1. The van der Waals surface area contributed by atoms with Crippen LogP contribution in [0.25, 0.3) is 0 Å². The molecule has 1 amide bonds. The zero-order valence-electron chi connectivity index (χ0n) is 18.7. The highest BCUT2D eigenvalue weighted by Gasteiger charge is 2.55. The number of carbonyl (C=O) groups is 1. The van der Waals surface area contributed by atoms with E-state index < -0.39 is 63.2 Å². The minimum atomic E-state index is -4.89. The Morgan fingerprint density at radius 2 is 1.97 bits per heavy atom. The number of halogens is 5. The molecule has 13 heteroatoms. The van der Waals surface area contributed by atoms with Crippen LogP contribution in [-0.4, -0.2) is 37.1 Å². The lowest BCUT2D eigenvalue weighted by Gasteiger charge is -2.44. The highest BCUT2D eigenvalue weighted by molar-refractivity contribution is 7.91. The van der Waals surface area contributed by atoms with Gasteiger partial charge in [-0.3, -0.25) is 9.48 Å². The average molecular weight is 506 g/mol. The zero-order valence-corrected chi connectivity index (χ0v) is 19.5. The van der Waals surface area contributed by atoms with Crippen LogP contribution in [0.1, 0.15) is 60.8 Å². The van der Waals surface area contributed by atoms with E-state index in [0.29, 0.717) is 6.42 Å². The molecule has 186 valence electrons. The zero-order chi connectivity index (χ0) is 25.3. The lowest BCUT2D eigenvalue weighted by molar-refractivity contribution is -0.160. The third kappa shape index (κ3) is 4.80. The summed E-state index contributed by atoms with van der Waals surface area (Å²) >= 11 is 0. The Morgan fingerprint density at radius 1 is 1.35 bits per heavy atom. The molecule has 0 radical (unpaired) electrons. The van der Waals surface area contributed by atoms with E-state index in [1.54, 1.807) is 6.92 Å². The van der Waals surface area contributed by atoms with Crippen molar-refractivity contribution >= 4 is 21.3 Å². The minimum Gasteiger partial charge on any atom is -0.320 e. The summed E-state index contributed by atoms with van der Waals surface area (Å²) < 4.78 is 90.1. The molecule has 0 bridgehead atoms. The van der Waals surface area contributed by atoms with Crippen molar-refractivity contribution in [2.45, 2.75) is 62.7 Å². The smallest absolute Gasteiger partial charge is 0.320 e. The molecule has 2 heterocycles. The van der Waals surface area contributed by atoms with Gasteiger partial charge in [-0.05, 0) is 29.9 Å². The summed E-state index contributed by atoms with van der Waals surface area (Å²) in [5, 5.41) is 6.33. The van der Waals surface area contributed by atoms with Crippen molar-refractivity contribution in [1.29, 1.82) is 4.78 Å². The summed E-state index contributed by atoms with van der Waals surface area (Å²) in [5.74, 6) is -4.54. The number of anilines is 1. The second-order valence-corrected chi connectivity index (χ2v) is 11.9. The molecule has 0 unspecified atom stereocenters. The Bertz CT molecular complexity index is 1250. The summed E-state index contributed by atoms with van der Waals surface area (Å²) in [6, 6.07) is 2.44. The van der Waals surface area contributed by atoms with Crippen molar-refractivity contribution in [3.63, 3.8) is 0 Å². The van der Waals surface area contributed by atoms with E-state index in [-0.39, 0.29) is 28.9 Å². The van der Waals surface area contributed by atoms with Crippen molar-refractivity contribution in [3.8, 4) is 0 Å². The van der Waals surface area contributed by atoms with E-state index in [4.69, 9.17) is 4.78 Å². The van der Waals surface area contributed by atoms with E-state index >= 15 is 0 Å². The van der Waals surface area contributed by atoms with E-state index in [1.807, 2.05) is 0 Å². The predicted molar refractivity (Wildman–Crippen MR) is 113 cm³/mol. The third-order valence-electron chi connectivity index (χ3n) is 6.23. The second kappa shape index (κ2) is 7.72. The number of rotatable bonds is 6. The molecule has 0 spiro atoms. The number of nitrogens with zero attached hydrogens (tertiary/aromatic N) is 3. The van der Waals surface area contributed by atoms with Gasteiger partial charge in [0, 0.05) is 43.4 Å². The van der Waals surface area contributed by atoms with Gasteiger partial charge in [0.15, 0.2) is 0 Å². The van der Waals surface area contributed by atoms with Crippen LogP contribution in [0.15, 0.2) is 23.4 Å². The maximum Gasteiger partial charge on any atom is 0.420 e. The van der Waals surface area contributed by atoms with Gasteiger partial charge in [-0.1, -0.05) is 13.8 Å². The Kier molecular flexibility index (Phi) is 5.57. The SMILES string of the molecule is C[C@H]1C[C@@H]1c1nn(CC2(C)CC(F)(F)C2)c(C(=O)Nc2ccnc([S@@](C)(=N)=O)c2)c1C(F)(F)F. The van der Waals surface area contributed by atoms with Gasteiger partial charge >= 0.3 is 6.18 Å². The quantitative estimate of drug-likeness (QED) is 0.531. The summed E-state index contributed by atoms with van der Waals surface area (Å²) in [6.07, 6.45) is -3.14. The predicted octanol–water partition coefficient (Wildman–Crippen LogP) is 5.14. The second-order valence-electron chi connectivity index (χ2n) is 9.78. The largest absolute Gasteiger partial charge is 0.420 e. The lowest BCUT2D eigenvalue weighted by Crippen LogP contribution is -2.47. The number of pyridine rings is 1. The van der Waals surface area contributed by atoms with Crippen LogP contribution in [0.3, 0.4) is 0 Å². The molecule has 2 aromatic heterocycles. The van der Waals surface area contributed by atoms with Gasteiger partial charge in [0.05, 0.1) is 15.4 Å². The fourth-order valence-electron chi connectivity index (χ4n) is 4.63. The van der Waals surface area contributed by atoms with E-state index in [0.717, 1.165) is 17.0 Å². The van der Waals surface area contributed by atoms with Crippen LogP contribution in [-0.2, 0) is 22.5 Å². The summed E-state index contributed by atoms with van der Waals surface area (Å²) in [6.45, 7) is 3.04. The van der Waals surface area contributed by atoms with E-state index in [9.17, 15) is 31.0 Å². The molecular formula is C21H24F5N5O2S. The fraction of sp³-hybridized carbons (Fsp3) is 0.571. The van der Waals surface area contributed by atoms with Gasteiger partial charge in [0.25, 0.3) is 5.91 Å². The Labute approximate surface area is 193 Å². The van der Waals surface area contributed by atoms with Crippen molar-refractivity contribution in [3.05, 3.63) is 35.3 Å². The highest BCUT2D eigenvalue weighted by Crippen LogP contribution is 2.54. The Morgan fingerprint density at radius 3 is 2.47 bits per heavy atom. The van der Waals surface area contributed by atoms with E-state index in [1.165, 1.54) is 19.2 Å². The number of aromatic nitrogens is 3. The van der Waals surface area contributed by atoms with E-state index in [2.05, 4.69) is 15.4 Å². The molecule has 7 nitrogen and oxygen atoms in total. The maximum absolute atomic E-state index is 14.2. The minimum absolute atomic E-state index is 0.000397. The van der Waals surface area contributed by atoms with Crippen molar-refractivity contribution in [2.24, 2.45) is 11.3 Å². The van der Waals surface area contributed by atoms with Crippen molar-refractivity contribution in [2.75, 3.05) is 11.6 Å². The van der Waals surface area contributed by atoms with Gasteiger partial charge < -0.3 is 5.32 Å². The monoisotopic (exact) mass is 505 g/mol. The molecular weight excluding hydrogens is 481 g/mol. The normalized spacial score (nSPS) is 24.7. The van der Waals surface area contributed by atoms with Crippen LogP contribution in [0.5, 0.6) is 0 Å². The Hall–Kier alpha value is -2.57. The third-order valence-corrected chi connectivity index (χ3v) is 7.25. The molecule has 4 rings (SSSR count). The average Bonchev–Trinajstić information content (AvgIpc) is 3.24.